The van der Waals surface area contributed by atoms with Gasteiger partial charge in [-0.2, -0.15) is 0 Å². The predicted molar refractivity (Wildman–Crippen MR) is 125 cm³/mol. The van der Waals surface area contributed by atoms with E-state index in [0.717, 1.165) is 56.2 Å². The van der Waals surface area contributed by atoms with Crippen LogP contribution in [0.15, 0.2) is 29.6 Å². The number of pyridine rings is 1. The normalized spacial score (nSPS) is 14.5. The number of hydrogen-bond donors (Lipinski definition) is 2. The van der Waals surface area contributed by atoms with E-state index >= 15 is 0 Å². The van der Waals surface area contributed by atoms with Crippen molar-refractivity contribution in [1.82, 2.24) is 30.4 Å². The first-order chi connectivity index (χ1) is 13.8. The summed E-state index contributed by atoms with van der Waals surface area (Å²) in [6.07, 6.45) is 9.44. The van der Waals surface area contributed by atoms with E-state index in [1.54, 1.807) is 12.5 Å². The minimum atomic E-state index is 0. The molecule has 0 saturated heterocycles. The molecule has 9 heteroatoms. The van der Waals surface area contributed by atoms with Gasteiger partial charge in [-0.15, -0.1) is 34.2 Å². The Labute approximate surface area is 190 Å². The molecule has 2 aromatic rings. The third kappa shape index (κ3) is 7.13. The third-order valence-electron chi connectivity index (χ3n) is 4.84. The van der Waals surface area contributed by atoms with Gasteiger partial charge in [0.1, 0.15) is 18.3 Å². The molecular weight excluding hydrogens is 481 g/mol. The molecule has 0 aromatic carbocycles. The molecule has 2 N–H and O–H groups in total. The maximum Gasteiger partial charge on any atom is 0.218 e. The Balaban J connectivity index is 0.00000300. The van der Waals surface area contributed by atoms with Crippen LogP contribution in [-0.4, -0.2) is 44.9 Å². The number of halogens is 1. The highest BCUT2D eigenvalue weighted by molar-refractivity contribution is 14.0. The minimum Gasteiger partial charge on any atom is -0.474 e. The number of rotatable bonds is 9. The molecule has 29 heavy (non-hydrogen) atoms. The number of nitrogens with one attached hydrogen (secondary N) is 2. The SMILES string of the molecule is CCNC(=NCc1cccnc1OC1CCCC1)NCCn1cnnc1CC.I. The Bertz CT molecular complexity index is 759. The number of guanidine groups is 1. The van der Waals surface area contributed by atoms with Crippen molar-refractivity contribution in [3.63, 3.8) is 0 Å². The van der Waals surface area contributed by atoms with Gasteiger partial charge in [-0.1, -0.05) is 13.0 Å². The monoisotopic (exact) mass is 513 g/mol. The molecule has 1 aliphatic rings. The summed E-state index contributed by atoms with van der Waals surface area (Å²) in [5.41, 5.74) is 1.01. The number of hydrogen-bond acceptors (Lipinski definition) is 5. The zero-order valence-electron chi connectivity index (χ0n) is 17.3. The Morgan fingerprint density at radius 2 is 2.10 bits per heavy atom. The number of aryl methyl sites for hydroxylation is 1. The molecular formula is C20H32IN7O. The van der Waals surface area contributed by atoms with Gasteiger partial charge in [0.2, 0.25) is 5.88 Å². The van der Waals surface area contributed by atoms with Crippen LogP contribution in [0, 0.1) is 0 Å². The fourth-order valence-electron chi connectivity index (χ4n) is 3.35. The molecule has 2 aromatic heterocycles. The van der Waals surface area contributed by atoms with Crippen LogP contribution >= 0.6 is 24.0 Å². The lowest BCUT2D eigenvalue weighted by Gasteiger charge is -2.15. The number of ether oxygens (including phenoxy) is 1. The van der Waals surface area contributed by atoms with Crippen molar-refractivity contribution in [2.75, 3.05) is 13.1 Å². The predicted octanol–water partition coefficient (Wildman–Crippen LogP) is 2.93. The smallest absolute Gasteiger partial charge is 0.218 e. The highest BCUT2D eigenvalue weighted by Gasteiger charge is 2.18. The van der Waals surface area contributed by atoms with Gasteiger partial charge in [-0.3, -0.25) is 0 Å². The molecule has 0 atom stereocenters. The maximum absolute atomic E-state index is 6.12. The molecule has 8 nitrogen and oxygen atoms in total. The summed E-state index contributed by atoms with van der Waals surface area (Å²) in [4.78, 5) is 9.15. The van der Waals surface area contributed by atoms with Crippen LogP contribution in [0.25, 0.3) is 0 Å². The summed E-state index contributed by atoms with van der Waals surface area (Å²) >= 11 is 0. The molecule has 1 fully saturated rings. The summed E-state index contributed by atoms with van der Waals surface area (Å²) < 4.78 is 8.18. The zero-order valence-corrected chi connectivity index (χ0v) is 19.6. The second-order valence-corrected chi connectivity index (χ2v) is 6.91. The fourth-order valence-corrected chi connectivity index (χ4v) is 3.35. The van der Waals surface area contributed by atoms with Gasteiger partial charge in [0.05, 0.1) is 6.54 Å². The van der Waals surface area contributed by atoms with Crippen LogP contribution in [0.2, 0.25) is 0 Å². The second-order valence-electron chi connectivity index (χ2n) is 6.91. The Hall–Kier alpha value is -1.91. The minimum absolute atomic E-state index is 0. The van der Waals surface area contributed by atoms with Gasteiger partial charge in [-0.25, -0.2) is 9.98 Å². The van der Waals surface area contributed by atoms with Gasteiger partial charge in [0.25, 0.3) is 0 Å². The summed E-state index contributed by atoms with van der Waals surface area (Å²) in [5.74, 6) is 2.49. The van der Waals surface area contributed by atoms with Crippen LogP contribution in [-0.2, 0) is 19.5 Å². The third-order valence-corrected chi connectivity index (χ3v) is 4.84. The largest absolute Gasteiger partial charge is 0.474 e. The topological polar surface area (TPSA) is 89.3 Å². The molecule has 0 bridgehead atoms. The molecule has 0 spiro atoms. The van der Waals surface area contributed by atoms with E-state index in [1.807, 2.05) is 12.1 Å². The lowest BCUT2D eigenvalue weighted by molar-refractivity contribution is 0.199. The van der Waals surface area contributed by atoms with Crippen molar-refractivity contribution >= 4 is 29.9 Å². The van der Waals surface area contributed by atoms with E-state index < -0.39 is 0 Å². The number of aromatic nitrogens is 4. The Morgan fingerprint density at radius 3 is 2.86 bits per heavy atom. The van der Waals surface area contributed by atoms with Gasteiger partial charge < -0.3 is 19.9 Å². The van der Waals surface area contributed by atoms with Crippen molar-refractivity contribution < 1.29 is 4.74 Å². The molecule has 2 heterocycles. The van der Waals surface area contributed by atoms with E-state index in [4.69, 9.17) is 9.73 Å². The van der Waals surface area contributed by atoms with Crippen molar-refractivity contribution in [2.45, 2.75) is 65.1 Å². The lowest BCUT2D eigenvalue weighted by Crippen LogP contribution is -2.39. The van der Waals surface area contributed by atoms with E-state index in [-0.39, 0.29) is 24.0 Å². The summed E-state index contributed by atoms with van der Waals surface area (Å²) in [6, 6.07) is 3.97. The average molecular weight is 513 g/mol. The van der Waals surface area contributed by atoms with Crippen molar-refractivity contribution in [3.05, 3.63) is 36.0 Å². The van der Waals surface area contributed by atoms with Crippen LogP contribution in [0.4, 0.5) is 0 Å². The Morgan fingerprint density at radius 1 is 1.28 bits per heavy atom. The molecule has 1 saturated carbocycles. The highest BCUT2D eigenvalue weighted by atomic mass is 127. The fraction of sp³-hybridized carbons (Fsp3) is 0.600. The zero-order chi connectivity index (χ0) is 19.6. The van der Waals surface area contributed by atoms with Crippen molar-refractivity contribution in [2.24, 2.45) is 4.99 Å². The average Bonchev–Trinajstić information content (AvgIpc) is 3.39. The van der Waals surface area contributed by atoms with E-state index in [2.05, 4.69) is 44.2 Å². The first-order valence-corrected chi connectivity index (χ1v) is 10.3. The number of aliphatic imine (C=N–C) groups is 1. The summed E-state index contributed by atoms with van der Waals surface area (Å²) in [7, 11) is 0. The molecule has 0 radical (unpaired) electrons. The van der Waals surface area contributed by atoms with Crippen molar-refractivity contribution in [3.8, 4) is 5.88 Å². The van der Waals surface area contributed by atoms with Crippen LogP contribution in [0.5, 0.6) is 5.88 Å². The summed E-state index contributed by atoms with van der Waals surface area (Å²) in [5, 5.41) is 14.8. The lowest BCUT2D eigenvalue weighted by atomic mass is 10.2. The van der Waals surface area contributed by atoms with E-state index in [1.165, 1.54) is 12.8 Å². The van der Waals surface area contributed by atoms with Gasteiger partial charge >= 0.3 is 0 Å². The standard InChI is InChI=1S/C20H31N7O.HI/c1-3-18-26-25-15-27(18)13-12-23-20(21-4-2)24-14-16-8-7-11-22-19(16)28-17-9-5-6-10-17;/h7-8,11,15,17H,3-6,9-10,12-14H2,1-2H3,(H2,21,23,24);1H. The van der Waals surface area contributed by atoms with Gasteiger partial charge in [-0.05, 0) is 38.7 Å². The second kappa shape index (κ2) is 12.6. The first kappa shape index (κ1) is 23.4. The van der Waals surface area contributed by atoms with Gasteiger partial charge in [0, 0.05) is 37.8 Å². The first-order valence-electron chi connectivity index (χ1n) is 10.3. The molecule has 0 unspecified atom stereocenters. The van der Waals surface area contributed by atoms with Crippen LogP contribution in [0.3, 0.4) is 0 Å². The highest BCUT2D eigenvalue weighted by Crippen LogP contribution is 2.25. The molecule has 1 aliphatic carbocycles. The maximum atomic E-state index is 6.12. The van der Waals surface area contributed by atoms with E-state index in [9.17, 15) is 0 Å². The number of nitrogens with zero attached hydrogens (tertiary/aromatic N) is 5. The van der Waals surface area contributed by atoms with Crippen LogP contribution in [0.1, 0.15) is 50.9 Å². The molecule has 0 amide bonds. The molecule has 3 rings (SSSR count). The molecule has 0 aliphatic heterocycles. The molecule has 160 valence electrons. The van der Waals surface area contributed by atoms with E-state index in [0.29, 0.717) is 18.5 Å². The van der Waals surface area contributed by atoms with Crippen LogP contribution < -0.4 is 15.4 Å². The Kier molecular flexibility index (Phi) is 10.2. The summed E-state index contributed by atoms with van der Waals surface area (Å²) in [6.45, 7) is 7.01. The van der Waals surface area contributed by atoms with Gasteiger partial charge in [0.15, 0.2) is 5.96 Å². The quantitative estimate of drug-likeness (QED) is 0.305. The van der Waals surface area contributed by atoms with Crippen molar-refractivity contribution in [1.29, 1.82) is 0 Å².